The Labute approximate surface area is 197 Å². The van der Waals surface area contributed by atoms with Crippen molar-refractivity contribution in [3.05, 3.63) is 96.4 Å². The first-order valence-electron chi connectivity index (χ1n) is 11.1. The van der Waals surface area contributed by atoms with Crippen LogP contribution in [-0.4, -0.2) is 31.2 Å². The molecule has 34 heavy (non-hydrogen) atoms. The number of rotatable bonds is 6. The number of carbonyl (C=O) groups is 1. The predicted octanol–water partition coefficient (Wildman–Crippen LogP) is 5.31. The maximum atomic E-state index is 13.5. The first kappa shape index (κ1) is 21.5. The highest BCUT2D eigenvalue weighted by Gasteiger charge is 2.20. The zero-order valence-corrected chi connectivity index (χ0v) is 19.1. The summed E-state index contributed by atoms with van der Waals surface area (Å²) in [5, 5.41) is 0. The van der Waals surface area contributed by atoms with Crippen LogP contribution in [0.3, 0.4) is 0 Å². The molecule has 0 aliphatic carbocycles. The second kappa shape index (κ2) is 8.86. The molecule has 0 saturated heterocycles. The number of amides is 1. The van der Waals surface area contributed by atoms with Gasteiger partial charge in [-0.3, -0.25) is 9.20 Å². The van der Waals surface area contributed by atoms with E-state index in [2.05, 4.69) is 9.97 Å². The minimum atomic E-state index is -0.0494. The van der Waals surface area contributed by atoms with Crippen molar-refractivity contribution in [2.24, 2.45) is 0 Å². The Kier molecular flexibility index (Phi) is 5.59. The van der Waals surface area contributed by atoms with E-state index in [9.17, 15) is 4.79 Å². The number of fused-ring (bicyclic) bond motifs is 3. The normalized spacial score (nSPS) is 11.3. The number of nitrogen functional groups attached to an aromatic ring is 1. The molecule has 0 fully saturated rings. The van der Waals surface area contributed by atoms with Gasteiger partial charge in [-0.25, -0.2) is 9.97 Å². The quantitative estimate of drug-likeness (QED) is 0.378. The minimum Gasteiger partial charge on any atom is -0.457 e. The highest BCUT2D eigenvalue weighted by atomic mass is 16.5. The summed E-state index contributed by atoms with van der Waals surface area (Å²) in [5.74, 6) is 1.90. The second-order valence-corrected chi connectivity index (χ2v) is 8.44. The van der Waals surface area contributed by atoms with Crippen LogP contribution in [0.5, 0.6) is 11.5 Å². The molecule has 1 amide bonds. The van der Waals surface area contributed by atoms with E-state index >= 15 is 0 Å². The van der Waals surface area contributed by atoms with Crippen LogP contribution in [0.4, 0.5) is 5.82 Å². The summed E-state index contributed by atoms with van der Waals surface area (Å²) in [7, 11) is 0. The number of aromatic nitrogens is 3. The molecule has 170 valence electrons. The lowest BCUT2D eigenvalue weighted by Crippen LogP contribution is -2.36. The number of hydrogen-bond acceptors (Lipinski definition) is 5. The van der Waals surface area contributed by atoms with Gasteiger partial charge in [-0.1, -0.05) is 30.3 Å². The van der Waals surface area contributed by atoms with Gasteiger partial charge in [0, 0.05) is 18.2 Å². The fraction of sp³-hybridized carbons (Fsp3) is 0.148. The molecule has 7 nitrogen and oxygen atoms in total. The van der Waals surface area contributed by atoms with Crippen molar-refractivity contribution in [3.8, 4) is 11.5 Å². The summed E-state index contributed by atoms with van der Waals surface area (Å²) >= 11 is 0. The molecule has 0 saturated carbocycles. The molecule has 5 aromatic rings. The molecule has 0 spiro atoms. The summed E-state index contributed by atoms with van der Waals surface area (Å²) < 4.78 is 7.74. The van der Waals surface area contributed by atoms with Crippen LogP contribution in [0, 0.1) is 0 Å². The smallest absolute Gasteiger partial charge is 0.254 e. The summed E-state index contributed by atoms with van der Waals surface area (Å²) in [4.78, 5) is 24.0. The molecule has 7 heteroatoms. The van der Waals surface area contributed by atoms with Crippen molar-refractivity contribution in [2.75, 3.05) is 5.73 Å². The van der Waals surface area contributed by atoms with Crippen molar-refractivity contribution in [3.63, 3.8) is 0 Å². The summed E-state index contributed by atoms with van der Waals surface area (Å²) in [5.41, 5.74) is 9.87. The van der Waals surface area contributed by atoms with E-state index in [1.165, 1.54) is 0 Å². The van der Waals surface area contributed by atoms with Crippen LogP contribution in [0.25, 0.3) is 16.6 Å². The number of carbonyl (C=O) groups excluding carboxylic acids is 1. The highest BCUT2D eigenvalue weighted by Crippen LogP contribution is 2.24. The molecule has 5 rings (SSSR count). The first-order chi connectivity index (χ1) is 16.5. The molecular weight excluding hydrogens is 426 g/mol. The maximum Gasteiger partial charge on any atom is 0.254 e. The third-order valence-electron chi connectivity index (χ3n) is 5.76. The largest absolute Gasteiger partial charge is 0.457 e. The van der Waals surface area contributed by atoms with Gasteiger partial charge >= 0.3 is 0 Å². The summed E-state index contributed by atoms with van der Waals surface area (Å²) in [6, 6.07) is 23.0. The topological polar surface area (TPSA) is 85.8 Å². The molecule has 0 atom stereocenters. The van der Waals surface area contributed by atoms with E-state index < -0.39 is 0 Å². The highest BCUT2D eigenvalue weighted by molar-refractivity contribution is 5.98. The molecule has 2 heterocycles. The Balaban J connectivity index is 1.39. The average Bonchev–Trinajstić information content (AvgIpc) is 3.35. The molecule has 0 unspecified atom stereocenters. The monoisotopic (exact) mass is 451 g/mol. The third kappa shape index (κ3) is 4.15. The zero-order chi connectivity index (χ0) is 23.7. The number of ether oxygens (including phenoxy) is 1. The zero-order valence-electron chi connectivity index (χ0n) is 19.1. The summed E-state index contributed by atoms with van der Waals surface area (Å²) in [6.45, 7) is 4.52. The van der Waals surface area contributed by atoms with Gasteiger partial charge < -0.3 is 15.4 Å². The van der Waals surface area contributed by atoms with Gasteiger partial charge in [0.15, 0.2) is 0 Å². The van der Waals surface area contributed by atoms with Crippen molar-refractivity contribution >= 4 is 28.3 Å². The Hall–Kier alpha value is -4.39. The molecule has 0 radical (unpaired) electrons. The van der Waals surface area contributed by atoms with Gasteiger partial charge in [0.05, 0.1) is 23.6 Å². The van der Waals surface area contributed by atoms with E-state index in [1.54, 1.807) is 18.6 Å². The van der Waals surface area contributed by atoms with Crippen LogP contribution in [0.1, 0.15) is 29.8 Å². The Morgan fingerprint density at radius 1 is 1.00 bits per heavy atom. The van der Waals surface area contributed by atoms with E-state index in [4.69, 9.17) is 10.5 Å². The Morgan fingerprint density at radius 3 is 2.47 bits per heavy atom. The van der Waals surface area contributed by atoms with Crippen molar-refractivity contribution in [1.29, 1.82) is 0 Å². The lowest BCUT2D eigenvalue weighted by molar-refractivity contribution is 0.0690. The first-order valence-corrected chi connectivity index (χ1v) is 11.1. The van der Waals surface area contributed by atoms with Gasteiger partial charge in [0.1, 0.15) is 22.8 Å². The van der Waals surface area contributed by atoms with E-state index in [0.29, 0.717) is 23.4 Å². The summed E-state index contributed by atoms with van der Waals surface area (Å²) in [6.07, 6.45) is 3.35. The SMILES string of the molecule is CC(C)N(Cc1ccc(Oc2ccccc2)cc1)C(=O)c1ccc2nc(N)c3cncn3c2c1. The van der Waals surface area contributed by atoms with Crippen LogP contribution >= 0.6 is 0 Å². The number of benzene rings is 3. The molecule has 0 aliphatic heterocycles. The fourth-order valence-corrected chi connectivity index (χ4v) is 3.95. The van der Waals surface area contributed by atoms with Crippen LogP contribution in [0.15, 0.2) is 85.3 Å². The van der Waals surface area contributed by atoms with E-state index in [-0.39, 0.29) is 11.9 Å². The molecular formula is C27H25N5O2. The van der Waals surface area contributed by atoms with Gasteiger partial charge in [0.2, 0.25) is 0 Å². The van der Waals surface area contributed by atoms with Crippen LogP contribution < -0.4 is 10.5 Å². The Bertz CT molecular complexity index is 1460. The standard InChI is InChI=1S/C27H25N5O2/c1-18(2)31(16-19-8-11-22(12-9-19)34-21-6-4-3-5-7-21)27(33)20-10-13-23-24(14-20)32-17-29-15-25(32)26(28)30-23/h3-15,17-18H,16H2,1-2H3,(H2,28,30). The van der Waals surface area contributed by atoms with Gasteiger partial charge in [-0.05, 0) is 61.9 Å². The van der Waals surface area contributed by atoms with Crippen molar-refractivity contribution < 1.29 is 9.53 Å². The maximum absolute atomic E-state index is 13.5. The van der Waals surface area contributed by atoms with E-state index in [0.717, 1.165) is 28.1 Å². The molecule has 2 N–H and O–H groups in total. The number of para-hydroxylation sites is 1. The Morgan fingerprint density at radius 2 is 1.74 bits per heavy atom. The van der Waals surface area contributed by atoms with Crippen molar-refractivity contribution in [1.82, 2.24) is 19.3 Å². The molecule has 2 aromatic heterocycles. The molecule has 0 bridgehead atoms. The number of nitrogens with zero attached hydrogens (tertiary/aromatic N) is 4. The van der Waals surface area contributed by atoms with Crippen molar-refractivity contribution in [2.45, 2.75) is 26.4 Å². The van der Waals surface area contributed by atoms with Crippen LogP contribution in [-0.2, 0) is 6.54 Å². The number of hydrogen-bond donors (Lipinski definition) is 1. The lowest BCUT2D eigenvalue weighted by atomic mass is 10.1. The fourth-order valence-electron chi connectivity index (χ4n) is 3.95. The lowest BCUT2D eigenvalue weighted by Gasteiger charge is -2.27. The molecule has 0 aliphatic rings. The van der Waals surface area contributed by atoms with Crippen LogP contribution in [0.2, 0.25) is 0 Å². The number of imidazole rings is 1. The predicted molar refractivity (Wildman–Crippen MR) is 133 cm³/mol. The molecule has 3 aromatic carbocycles. The average molecular weight is 452 g/mol. The van der Waals surface area contributed by atoms with Gasteiger partial charge in [-0.2, -0.15) is 0 Å². The third-order valence-corrected chi connectivity index (χ3v) is 5.76. The van der Waals surface area contributed by atoms with Gasteiger partial charge in [-0.15, -0.1) is 0 Å². The van der Waals surface area contributed by atoms with Gasteiger partial charge in [0.25, 0.3) is 5.91 Å². The number of nitrogens with two attached hydrogens (primary N) is 1. The minimum absolute atomic E-state index is 0.0150. The van der Waals surface area contributed by atoms with E-state index in [1.807, 2.05) is 89.9 Å². The second-order valence-electron chi connectivity index (χ2n) is 8.44. The number of anilines is 1.